The molecule has 14 heavy (non-hydrogen) atoms. The maximum Gasteiger partial charge on any atom is 0.136 e. The van der Waals surface area contributed by atoms with Gasteiger partial charge in [-0.1, -0.05) is 23.7 Å². The highest BCUT2D eigenvalue weighted by atomic mass is 35.5. The highest BCUT2D eigenvalue weighted by molar-refractivity contribution is 6.32. The average Bonchev–Trinajstić information content (AvgIpc) is 2.18. The molecule has 3 heteroatoms. The molecule has 0 amide bonds. The first-order valence-electron chi connectivity index (χ1n) is 4.14. The van der Waals surface area contributed by atoms with Gasteiger partial charge < -0.3 is 0 Å². The second-order valence-corrected chi connectivity index (χ2v) is 3.21. The lowest BCUT2D eigenvalue weighted by molar-refractivity contribution is 0.628. The van der Waals surface area contributed by atoms with Crippen LogP contribution in [-0.2, 0) is 0 Å². The number of hydrogen-bond acceptors (Lipinski definition) is 1. The van der Waals surface area contributed by atoms with Crippen LogP contribution in [0.1, 0.15) is 0 Å². The number of nitrogens with zero attached hydrogens (tertiary/aromatic N) is 1. The SMILES string of the molecule is Fc1cccc(-c2cccnc2Cl)c1. The minimum atomic E-state index is -0.276. The molecule has 1 nitrogen and oxygen atoms in total. The summed E-state index contributed by atoms with van der Waals surface area (Å²) in [5.74, 6) is -0.276. The van der Waals surface area contributed by atoms with Crippen LogP contribution in [-0.4, -0.2) is 4.98 Å². The highest BCUT2D eigenvalue weighted by Gasteiger charge is 2.03. The van der Waals surface area contributed by atoms with E-state index in [1.807, 2.05) is 6.07 Å². The van der Waals surface area contributed by atoms with E-state index in [0.717, 1.165) is 11.1 Å². The molecule has 1 heterocycles. The molecule has 0 atom stereocenters. The fourth-order valence-corrected chi connectivity index (χ4v) is 1.49. The van der Waals surface area contributed by atoms with Gasteiger partial charge in [-0.25, -0.2) is 9.37 Å². The van der Waals surface area contributed by atoms with Gasteiger partial charge >= 0.3 is 0 Å². The van der Waals surface area contributed by atoms with E-state index in [-0.39, 0.29) is 5.82 Å². The van der Waals surface area contributed by atoms with Crippen LogP contribution in [0.5, 0.6) is 0 Å². The fraction of sp³-hybridized carbons (Fsp3) is 0. The number of rotatable bonds is 1. The molecule has 0 bridgehead atoms. The zero-order valence-corrected chi connectivity index (χ0v) is 8.00. The Morgan fingerprint density at radius 1 is 1.14 bits per heavy atom. The number of benzene rings is 1. The van der Waals surface area contributed by atoms with Gasteiger partial charge in [-0.15, -0.1) is 0 Å². The first-order valence-corrected chi connectivity index (χ1v) is 4.51. The lowest BCUT2D eigenvalue weighted by Gasteiger charge is -2.02. The monoisotopic (exact) mass is 207 g/mol. The summed E-state index contributed by atoms with van der Waals surface area (Å²) in [6, 6.07) is 9.85. The molecule has 2 rings (SSSR count). The normalized spacial score (nSPS) is 10.1. The van der Waals surface area contributed by atoms with Crippen molar-refractivity contribution in [1.29, 1.82) is 0 Å². The Morgan fingerprint density at radius 3 is 2.71 bits per heavy atom. The summed E-state index contributed by atoms with van der Waals surface area (Å²) in [6.45, 7) is 0. The molecule has 1 aromatic heterocycles. The van der Waals surface area contributed by atoms with E-state index in [4.69, 9.17) is 11.6 Å². The van der Waals surface area contributed by atoms with Gasteiger partial charge in [0.1, 0.15) is 11.0 Å². The Hall–Kier alpha value is -1.41. The molecule has 0 N–H and O–H groups in total. The Bertz CT molecular complexity index is 457. The second-order valence-electron chi connectivity index (χ2n) is 2.85. The molecular weight excluding hydrogens is 201 g/mol. The molecule has 1 aromatic carbocycles. The van der Waals surface area contributed by atoms with E-state index in [1.54, 1.807) is 24.4 Å². The van der Waals surface area contributed by atoms with Crippen molar-refractivity contribution in [2.45, 2.75) is 0 Å². The fourth-order valence-electron chi connectivity index (χ4n) is 1.26. The molecule has 0 saturated heterocycles. The van der Waals surface area contributed by atoms with Crippen molar-refractivity contribution in [3.63, 3.8) is 0 Å². The van der Waals surface area contributed by atoms with Crippen molar-refractivity contribution >= 4 is 11.6 Å². The van der Waals surface area contributed by atoms with Crippen molar-refractivity contribution < 1.29 is 4.39 Å². The van der Waals surface area contributed by atoms with Gasteiger partial charge in [0, 0.05) is 11.8 Å². The number of aromatic nitrogens is 1. The predicted octanol–water partition coefficient (Wildman–Crippen LogP) is 3.54. The maximum atomic E-state index is 12.9. The first kappa shape index (κ1) is 9.16. The van der Waals surface area contributed by atoms with Gasteiger partial charge in [-0.2, -0.15) is 0 Å². The van der Waals surface area contributed by atoms with Crippen molar-refractivity contribution in [2.24, 2.45) is 0 Å². The quantitative estimate of drug-likeness (QED) is 0.652. The Kier molecular flexibility index (Phi) is 2.46. The summed E-state index contributed by atoms with van der Waals surface area (Å²) < 4.78 is 12.9. The highest BCUT2D eigenvalue weighted by Crippen LogP contribution is 2.25. The summed E-state index contributed by atoms with van der Waals surface area (Å²) in [6.07, 6.45) is 1.60. The van der Waals surface area contributed by atoms with Crippen molar-refractivity contribution in [3.05, 3.63) is 53.6 Å². The summed E-state index contributed by atoms with van der Waals surface area (Å²) in [5, 5.41) is 0.387. The topological polar surface area (TPSA) is 12.9 Å². The van der Waals surface area contributed by atoms with Crippen molar-refractivity contribution in [1.82, 2.24) is 4.98 Å². The van der Waals surface area contributed by atoms with E-state index in [1.165, 1.54) is 12.1 Å². The van der Waals surface area contributed by atoms with Gasteiger partial charge in [0.2, 0.25) is 0 Å². The van der Waals surface area contributed by atoms with Crippen LogP contribution < -0.4 is 0 Å². The van der Waals surface area contributed by atoms with Gasteiger partial charge in [0.15, 0.2) is 0 Å². The van der Waals surface area contributed by atoms with E-state index in [0.29, 0.717) is 5.15 Å². The molecular formula is C11H7ClFN. The summed E-state index contributed by atoms with van der Waals surface area (Å²) in [5.41, 5.74) is 1.48. The van der Waals surface area contributed by atoms with Crippen LogP contribution in [0.3, 0.4) is 0 Å². The Morgan fingerprint density at radius 2 is 2.00 bits per heavy atom. The standard InChI is InChI=1S/C11H7ClFN/c12-11-10(5-2-6-14-11)8-3-1-4-9(13)7-8/h1-7H. The van der Waals surface area contributed by atoms with Crippen molar-refractivity contribution in [3.8, 4) is 11.1 Å². The van der Waals surface area contributed by atoms with E-state index in [9.17, 15) is 4.39 Å². The molecule has 70 valence electrons. The second kappa shape index (κ2) is 3.76. The van der Waals surface area contributed by atoms with E-state index < -0.39 is 0 Å². The Balaban J connectivity index is 2.55. The van der Waals surface area contributed by atoms with Gasteiger partial charge in [-0.3, -0.25) is 0 Å². The molecule has 0 fully saturated rings. The van der Waals surface area contributed by atoms with Crippen LogP contribution in [0.4, 0.5) is 4.39 Å². The third-order valence-electron chi connectivity index (χ3n) is 1.89. The molecule has 0 aliphatic rings. The molecule has 0 aliphatic heterocycles. The van der Waals surface area contributed by atoms with E-state index >= 15 is 0 Å². The molecule has 2 aromatic rings. The number of pyridine rings is 1. The van der Waals surface area contributed by atoms with Gasteiger partial charge in [0.05, 0.1) is 0 Å². The van der Waals surface area contributed by atoms with Crippen LogP contribution in [0, 0.1) is 5.82 Å². The van der Waals surface area contributed by atoms with E-state index in [2.05, 4.69) is 4.98 Å². The molecule has 0 spiro atoms. The zero-order valence-electron chi connectivity index (χ0n) is 7.24. The summed E-state index contributed by atoms with van der Waals surface area (Å²) in [7, 11) is 0. The van der Waals surface area contributed by atoms with Crippen LogP contribution in [0.15, 0.2) is 42.6 Å². The summed E-state index contributed by atoms with van der Waals surface area (Å²) in [4.78, 5) is 3.93. The lowest BCUT2D eigenvalue weighted by Crippen LogP contribution is -1.83. The van der Waals surface area contributed by atoms with Gasteiger partial charge in [0.25, 0.3) is 0 Å². The van der Waals surface area contributed by atoms with Crippen LogP contribution in [0.25, 0.3) is 11.1 Å². The number of hydrogen-bond donors (Lipinski definition) is 0. The lowest BCUT2D eigenvalue weighted by atomic mass is 10.1. The largest absolute Gasteiger partial charge is 0.244 e. The molecule has 0 radical (unpaired) electrons. The van der Waals surface area contributed by atoms with Crippen molar-refractivity contribution in [2.75, 3.05) is 0 Å². The Labute approximate surface area is 86.2 Å². The number of halogens is 2. The molecule has 0 saturated carbocycles. The molecule has 0 unspecified atom stereocenters. The predicted molar refractivity (Wildman–Crippen MR) is 54.6 cm³/mol. The first-order chi connectivity index (χ1) is 6.77. The average molecular weight is 208 g/mol. The summed E-state index contributed by atoms with van der Waals surface area (Å²) >= 11 is 5.88. The van der Waals surface area contributed by atoms with Gasteiger partial charge in [-0.05, 0) is 29.8 Å². The van der Waals surface area contributed by atoms with Crippen LogP contribution >= 0.6 is 11.6 Å². The maximum absolute atomic E-state index is 12.9. The third-order valence-corrected chi connectivity index (χ3v) is 2.20. The molecule has 0 aliphatic carbocycles. The zero-order chi connectivity index (χ0) is 9.97. The smallest absolute Gasteiger partial charge is 0.136 e. The van der Waals surface area contributed by atoms with Crippen LogP contribution in [0.2, 0.25) is 5.15 Å². The minimum Gasteiger partial charge on any atom is -0.244 e. The third kappa shape index (κ3) is 1.75. The minimum absolute atomic E-state index is 0.276.